The maximum Gasteiger partial charge on any atom is 0.161 e. The second-order valence-electron chi connectivity index (χ2n) is 4.70. The zero-order valence-electron chi connectivity index (χ0n) is 9.64. The van der Waals surface area contributed by atoms with E-state index in [4.69, 9.17) is 0 Å². The van der Waals surface area contributed by atoms with E-state index in [0.717, 1.165) is 24.6 Å². The van der Waals surface area contributed by atoms with Gasteiger partial charge in [-0.25, -0.2) is 0 Å². The Hall–Kier alpha value is -1.42. The quantitative estimate of drug-likeness (QED) is 0.824. The highest BCUT2D eigenvalue weighted by atomic mass is 15.2. The summed E-state index contributed by atoms with van der Waals surface area (Å²) in [4.78, 5) is 0. The van der Waals surface area contributed by atoms with Gasteiger partial charge in [-0.2, -0.15) is 0 Å². The van der Waals surface area contributed by atoms with Crippen LogP contribution in [0.25, 0.3) is 5.65 Å². The van der Waals surface area contributed by atoms with E-state index in [9.17, 15) is 0 Å². The summed E-state index contributed by atoms with van der Waals surface area (Å²) in [7, 11) is 0. The van der Waals surface area contributed by atoms with Crippen LogP contribution in [0, 0.1) is 12.8 Å². The van der Waals surface area contributed by atoms with Crippen LogP contribution >= 0.6 is 0 Å². The van der Waals surface area contributed by atoms with E-state index in [2.05, 4.69) is 52.1 Å². The molecule has 0 aromatic carbocycles. The molecule has 0 saturated carbocycles. The zero-order chi connectivity index (χ0) is 11.1. The minimum atomic E-state index is 0.471. The molecule has 4 heteroatoms. The molecule has 2 aromatic heterocycles. The maximum absolute atomic E-state index is 4.32. The average Bonchev–Trinajstić information content (AvgIpc) is 2.57. The minimum Gasteiger partial charge on any atom is -0.316 e. The van der Waals surface area contributed by atoms with Crippen molar-refractivity contribution in [3.8, 4) is 0 Å². The first-order chi connectivity index (χ1) is 7.75. The van der Waals surface area contributed by atoms with E-state index in [1.54, 1.807) is 0 Å². The number of pyridine rings is 1. The molecule has 3 rings (SSSR count). The van der Waals surface area contributed by atoms with Crippen LogP contribution in [0.2, 0.25) is 0 Å². The molecule has 1 N–H and O–H groups in total. The molecule has 1 fully saturated rings. The first-order valence-electron chi connectivity index (χ1n) is 5.77. The number of rotatable bonds is 2. The third-order valence-corrected chi connectivity index (χ3v) is 3.52. The minimum absolute atomic E-state index is 0.471. The molecule has 1 unspecified atom stereocenters. The van der Waals surface area contributed by atoms with Crippen molar-refractivity contribution in [3.05, 3.63) is 29.7 Å². The molecule has 2 aromatic rings. The van der Waals surface area contributed by atoms with Crippen LogP contribution in [0.4, 0.5) is 0 Å². The van der Waals surface area contributed by atoms with E-state index in [1.807, 2.05) is 0 Å². The SMILES string of the molecule is Cc1ccn2c(C(C)C3CNC3)nnc2c1. The Morgan fingerprint density at radius 3 is 2.94 bits per heavy atom. The molecule has 3 heterocycles. The lowest BCUT2D eigenvalue weighted by Gasteiger charge is -2.31. The largest absolute Gasteiger partial charge is 0.316 e. The molecular weight excluding hydrogens is 200 g/mol. The van der Waals surface area contributed by atoms with E-state index >= 15 is 0 Å². The number of hydrogen-bond acceptors (Lipinski definition) is 3. The molecule has 0 spiro atoms. The van der Waals surface area contributed by atoms with E-state index in [1.165, 1.54) is 5.56 Å². The van der Waals surface area contributed by atoms with Gasteiger partial charge in [0.15, 0.2) is 5.65 Å². The van der Waals surface area contributed by atoms with Gasteiger partial charge >= 0.3 is 0 Å². The Kier molecular flexibility index (Phi) is 2.17. The second-order valence-corrected chi connectivity index (χ2v) is 4.70. The summed E-state index contributed by atoms with van der Waals surface area (Å²) in [5.41, 5.74) is 2.18. The summed E-state index contributed by atoms with van der Waals surface area (Å²) in [6.07, 6.45) is 2.07. The molecule has 4 nitrogen and oxygen atoms in total. The van der Waals surface area contributed by atoms with E-state index in [-0.39, 0.29) is 0 Å². The summed E-state index contributed by atoms with van der Waals surface area (Å²) in [5, 5.41) is 11.9. The molecule has 0 amide bonds. The van der Waals surface area contributed by atoms with Crippen molar-refractivity contribution in [2.75, 3.05) is 13.1 Å². The monoisotopic (exact) mass is 216 g/mol. The Bertz CT molecular complexity index is 513. The van der Waals surface area contributed by atoms with Crippen molar-refractivity contribution in [3.63, 3.8) is 0 Å². The highest BCUT2D eigenvalue weighted by Gasteiger charge is 2.27. The molecule has 1 aliphatic rings. The molecule has 0 radical (unpaired) electrons. The molecule has 1 atom stereocenters. The molecule has 0 aliphatic carbocycles. The van der Waals surface area contributed by atoms with Crippen molar-refractivity contribution in [1.29, 1.82) is 0 Å². The van der Waals surface area contributed by atoms with Gasteiger partial charge in [0.2, 0.25) is 0 Å². The fourth-order valence-electron chi connectivity index (χ4n) is 2.20. The van der Waals surface area contributed by atoms with Crippen molar-refractivity contribution in [2.45, 2.75) is 19.8 Å². The van der Waals surface area contributed by atoms with Crippen LogP contribution in [0.1, 0.15) is 24.2 Å². The lowest BCUT2D eigenvalue weighted by molar-refractivity contribution is 0.295. The fraction of sp³-hybridized carbons (Fsp3) is 0.500. The van der Waals surface area contributed by atoms with E-state index in [0.29, 0.717) is 11.8 Å². The van der Waals surface area contributed by atoms with Crippen LogP contribution in [0.15, 0.2) is 18.3 Å². The molecule has 0 bridgehead atoms. The van der Waals surface area contributed by atoms with Crippen molar-refractivity contribution in [2.24, 2.45) is 5.92 Å². The van der Waals surface area contributed by atoms with Gasteiger partial charge in [0, 0.05) is 12.1 Å². The topological polar surface area (TPSA) is 42.2 Å². The van der Waals surface area contributed by atoms with Crippen molar-refractivity contribution < 1.29 is 0 Å². The molecule has 16 heavy (non-hydrogen) atoms. The molecule has 1 aliphatic heterocycles. The van der Waals surface area contributed by atoms with Crippen molar-refractivity contribution >= 4 is 5.65 Å². The lowest BCUT2D eigenvalue weighted by atomic mass is 9.88. The van der Waals surface area contributed by atoms with Crippen LogP contribution in [0.3, 0.4) is 0 Å². The summed E-state index contributed by atoms with van der Waals surface area (Å²) in [6.45, 7) is 6.51. The molecule has 84 valence electrons. The summed E-state index contributed by atoms with van der Waals surface area (Å²) in [6, 6.07) is 4.17. The fourth-order valence-corrected chi connectivity index (χ4v) is 2.20. The summed E-state index contributed by atoms with van der Waals surface area (Å²) >= 11 is 0. The molecule has 1 saturated heterocycles. The van der Waals surface area contributed by atoms with Crippen LogP contribution in [-0.2, 0) is 0 Å². The first kappa shape index (κ1) is 9.78. The lowest BCUT2D eigenvalue weighted by Crippen LogP contribution is -2.45. The Balaban J connectivity index is 2.03. The second kappa shape index (κ2) is 3.56. The van der Waals surface area contributed by atoms with Crippen LogP contribution in [-0.4, -0.2) is 27.7 Å². The standard InChI is InChI=1S/C12H16N4/c1-8-3-4-16-11(5-8)14-15-12(16)9(2)10-6-13-7-10/h3-5,9-10,13H,6-7H2,1-2H3. The Morgan fingerprint density at radius 1 is 1.44 bits per heavy atom. The maximum atomic E-state index is 4.32. The number of hydrogen-bond donors (Lipinski definition) is 1. The number of nitrogens with one attached hydrogen (secondary N) is 1. The zero-order valence-corrected chi connectivity index (χ0v) is 9.64. The van der Waals surface area contributed by atoms with Gasteiger partial charge in [0.1, 0.15) is 5.82 Å². The van der Waals surface area contributed by atoms with Crippen LogP contribution in [0.5, 0.6) is 0 Å². The first-order valence-corrected chi connectivity index (χ1v) is 5.77. The van der Waals surface area contributed by atoms with Gasteiger partial charge in [-0.3, -0.25) is 4.40 Å². The Labute approximate surface area is 94.7 Å². The molecular formula is C12H16N4. The van der Waals surface area contributed by atoms with Gasteiger partial charge in [-0.1, -0.05) is 6.92 Å². The number of aryl methyl sites for hydroxylation is 1. The summed E-state index contributed by atoms with van der Waals surface area (Å²) < 4.78 is 2.11. The third kappa shape index (κ3) is 1.41. The number of fused-ring (bicyclic) bond motifs is 1. The smallest absolute Gasteiger partial charge is 0.161 e. The summed E-state index contributed by atoms with van der Waals surface area (Å²) in [5.74, 6) is 2.26. The third-order valence-electron chi connectivity index (χ3n) is 3.52. The number of nitrogens with zero attached hydrogens (tertiary/aromatic N) is 3. The highest BCUT2D eigenvalue weighted by molar-refractivity contribution is 5.41. The number of aromatic nitrogens is 3. The highest BCUT2D eigenvalue weighted by Crippen LogP contribution is 2.25. The van der Waals surface area contributed by atoms with Gasteiger partial charge in [0.25, 0.3) is 0 Å². The van der Waals surface area contributed by atoms with Gasteiger partial charge in [0.05, 0.1) is 0 Å². The predicted octanol–water partition coefficient (Wildman–Crippen LogP) is 1.36. The predicted molar refractivity (Wildman–Crippen MR) is 62.5 cm³/mol. The van der Waals surface area contributed by atoms with E-state index < -0.39 is 0 Å². The average molecular weight is 216 g/mol. The van der Waals surface area contributed by atoms with Gasteiger partial charge in [-0.05, 0) is 43.6 Å². The van der Waals surface area contributed by atoms with Crippen LogP contribution < -0.4 is 5.32 Å². The normalized spacial score (nSPS) is 18.6. The van der Waals surface area contributed by atoms with Crippen molar-refractivity contribution in [1.82, 2.24) is 19.9 Å². The Morgan fingerprint density at radius 2 is 2.25 bits per heavy atom. The van der Waals surface area contributed by atoms with Gasteiger partial charge < -0.3 is 5.32 Å². The van der Waals surface area contributed by atoms with Gasteiger partial charge in [-0.15, -0.1) is 10.2 Å².